The lowest BCUT2D eigenvalue weighted by molar-refractivity contribution is -0.136. The third kappa shape index (κ3) is 4.96. The van der Waals surface area contributed by atoms with Gasteiger partial charge in [0, 0.05) is 31.3 Å². The third-order valence-corrected chi connectivity index (χ3v) is 9.57. The molecule has 4 aliphatic heterocycles. The summed E-state index contributed by atoms with van der Waals surface area (Å²) in [7, 11) is 0. The van der Waals surface area contributed by atoms with Crippen molar-refractivity contribution in [2.24, 2.45) is 0 Å². The van der Waals surface area contributed by atoms with E-state index in [0.29, 0.717) is 48.9 Å². The Labute approximate surface area is 247 Å². The molecule has 1 atom stereocenters. The quantitative estimate of drug-likeness (QED) is 0.457. The van der Waals surface area contributed by atoms with E-state index in [1.807, 2.05) is 30.3 Å². The first-order valence-corrected chi connectivity index (χ1v) is 15.2. The number of imide groups is 1. The number of hydrogen-bond acceptors (Lipinski definition) is 8. The van der Waals surface area contributed by atoms with E-state index in [4.69, 9.17) is 4.74 Å². The Balaban J connectivity index is 0.989. The molecule has 0 saturated carbocycles. The first-order chi connectivity index (χ1) is 20.4. The Morgan fingerprint density at radius 3 is 2.57 bits per heavy atom. The van der Waals surface area contributed by atoms with Crippen LogP contribution in [0.4, 0.5) is 5.00 Å². The molecule has 0 bridgehead atoms. The van der Waals surface area contributed by atoms with Gasteiger partial charge < -0.3 is 9.64 Å². The van der Waals surface area contributed by atoms with E-state index in [1.54, 1.807) is 16.0 Å². The summed E-state index contributed by atoms with van der Waals surface area (Å²) >= 11 is 1.31. The first kappa shape index (κ1) is 26.8. The van der Waals surface area contributed by atoms with Crippen molar-refractivity contribution in [3.05, 3.63) is 76.5 Å². The lowest BCUT2D eigenvalue weighted by Crippen LogP contribution is -2.52. The van der Waals surface area contributed by atoms with Crippen LogP contribution in [-0.4, -0.2) is 70.1 Å². The number of nitrogens with zero attached hydrogens (tertiary/aromatic N) is 4. The average molecular weight is 586 g/mol. The molecule has 2 fully saturated rings. The molecule has 2 aromatic carbocycles. The molecule has 42 heavy (non-hydrogen) atoms. The van der Waals surface area contributed by atoms with Crippen LogP contribution in [0.15, 0.2) is 48.7 Å². The van der Waals surface area contributed by atoms with E-state index < -0.39 is 6.04 Å². The van der Waals surface area contributed by atoms with Crippen LogP contribution in [0.2, 0.25) is 0 Å². The molecule has 7 rings (SSSR count). The summed E-state index contributed by atoms with van der Waals surface area (Å²) < 4.78 is 10.0. The van der Waals surface area contributed by atoms with E-state index in [2.05, 4.69) is 26.7 Å². The number of likely N-dealkylation sites (tertiary alicyclic amines) is 1. The summed E-state index contributed by atoms with van der Waals surface area (Å²) in [5, 5.41) is 3.19. The van der Waals surface area contributed by atoms with Gasteiger partial charge in [0.2, 0.25) is 11.8 Å². The van der Waals surface area contributed by atoms with Crippen molar-refractivity contribution < 1.29 is 23.9 Å². The van der Waals surface area contributed by atoms with E-state index >= 15 is 0 Å². The molecule has 0 spiro atoms. The third-order valence-electron chi connectivity index (χ3n) is 8.79. The fourth-order valence-corrected chi connectivity index (χ4v) is 7.18. The maximum absolute atomic E-state index is 13.4. The fraction of sp³-hybridized carbons (Fsp3) is 0.387. The molecule has 0 radical (unpaired) electrons. The smallest absolute Gasteiger partial charge is 0.262 e. The number of carbonyl (C=O) groups excluding carboxylic acids is 4. The van der Waals surface area contributed by atoms with Gasteiger partial charge in [-0.15, -0.1) is 0 Å². The number of benzene rings is 2. The summed E-state index contributed by atoms with van der Waals surface area (Å²) in [6.45, 7) is 3.94. The van der Waals surface area contributed by atoms with Crippen molar-refractivity contribution in [1.29, 1.82) is 0 Å². The number of nitrogens with one attached hydrogen (secondary N) is 1. The summed E-state index contributed by atoms with van der Waals surface area (Å²) in [4.78, 5) is 56.1. The van der Waals surface area contributed by atoms with Crippen molar-refractivity contribution in [3.63, 3.8) is 0 Å². The summed E-state index contributed by atoms with van der Waals surface area (Å²) in [5.74, 6) is 0.155. The van der Waals surface area contributed by atoms with Crippen LogP contribution < -0.4 is 15.0 Å². The number of carbonyl (C=O) groups is 4. The van der Waals surface area contributed by atoms with E-state index in [9.17, 15) is 19.2 Å². The zero-order valence-electron chi connectivity index (χ0n) is 23.1. The molecule has 3 aromatic rings. The minimum absolute atomic E-state index is 0.0569. The second-order valence-corrected chi connectivity index (χ2v) is 12.2. The Morgan fingerprint density at radius 2 is 1.79 bits per heavy atom. The van der Waals surface area contributed by atoms with Gasteiger partial charge >= 0.3 is 0 Å². The van der Waals surface area contributed by atoms with Crippen LogP contribution in [-0.2, 0) is 22.7 Å². The zero-order chi connectivity index (χ0) is 28.8. The molecular weight excluding hydrogens is 554 g/mol. The Hall–Kier alpha value is -4.09. The minimum Gasteiger partial charge on any atom is -0.491 e. The van der Waals surface area contributed by atoms with Gasteiger partial charge in [-0.05, 0) is 90.8 Å². The van der Waals surface area contributed by atoms with Gasteiger partial charge in [0.25, 0.3) is 11.8 Å². The Kier molecular flexibility index (Phi) is 6.99. The van der Waals surface area contributed by atoms with Crippen LogP contribution in [0.5, 0.6) is 5.75 Å². The predicted molar refractivity (Wildman–Crippen MR) is 155 cm³/mol. The normalized spacial score (nSPS) is 21.6. The standard InChI is InChI=1S/C31H31N5O5S/c37-27-6-4-25(29(38)33-27)36-18-22-16-21(2-3-23(22)30(36)39)20-8-11-34(12-9-20)17-19-1-5-26-24(15-19)31(40)35(13-14-41-26)28-7-10-32-42-28/h1-3,5,7,10,15-16,20,25H,4,6,8-9,11-14,17-18H2,(H,33,37,38). The number of ether oxygens (including phenoxy) is 1. The average Bonchev–Trinajstić information content (AvgIpc) is 3.60. The Bertz CT molecular complexity index is 1570. The lowest BCUT2D eigenvalue weighted by atomic mass is 9.87. The van der Waals surface area contributed by atoms with E-state index in [-0.39, 0.29) is 30.0 Å². The van der Waals surface area contributed by atoms with Crippen molar-refractivity contribution in [1.82, 2.24) is 19.5 Å². The van der Waals surface area contributed by atoms with Crippen LogP contribution in [0.1, 0.15) is 69.0 Å². The number of rotatable bonds is 5. The van der Waals surface area contributed by atoms with Crippen molar-refractivity contribution in [2.45, 2.75) is 50.7 Å². The number of fused-ring (bicyclic) bond motifs is 2. The van der Waals surface area contributed by atoms with Gasteiger partial charge in [-0.25, -0.2) is 0 Å². The molecule has 4 amide bonds. The highest BCUT2D eigenvalue weighted by Crippen LogP contribution is 2.35. The topological polar surface area (TPSA) is 112 Å². The Morgan fingerprint density at radius 1 is 0.929 bits per heavy atom. The molecule has 1 aromatic heterocycles. The van der Waals surface area contributed by atoms with Crippen LogP contribution in [0.3, 0.4) is 0 Å². The molecule has 0 aliphatic carbocycles. The van der Waals surface area contributed by atoms with Gasteiger partial charge in [-0.2, -0.15) is 4.37 Å². The van der Waals surface area contributed by atoms with Gasteiger partial charge in [0.15, 0.2) is 0 Å². The van der Waals surface area contributed by atoms with Crippen molar-refractivity contribution in [2.75, 3.05) is 31.1 Å². The number of anilines is 1. The molecule has 4 aliphatic rings. The van der Waals surface area contributed by atoms with Crippen molar-refractivity contribution >= 4 is 40.2 Å². The van der Waals surface area contributed by atoms with Crippen LogP contribution in [0.25, 0.3) is 0 Å². The number of hydrogen-bond donors (Lipinski definition) is 1. The maximum atomic E-state index is 13.4. The molecule has 10 nitrogen and oxygen atoms in total. The highest BCUT2D eigenvalue weighted by molar-refractivity contribution is 7.10. The van der Waals surface area contributed by atoms with Gasteiger partial charge in [0.05, 0.1) is 12.1 Å². The van der Waals surface area contributed by atoms with Gasteiger partial charge in [0.1, 0.15) is 23.4 Å². The summed E-state index contributed by atoms with van der Waals surface area (Å²) in [6.07, 6.45) is 4.32. The largest absolute Gasteiger partial charge is 0.491 e. The second kappa shape index (κ2) is 11.0. The van der Waals surface area contributed by atoms with Crippen molar-refractivity contribution in [3.8, 4) is 5.75 Å². The maximum Gasteiger partial charge on any atom is 0.262 e. The van der Waals surface area contributed by atoms with E-state index in [1.165, 1.54) is 17.1 Å². The molecule has 5 heterocycles. The molecule has 1 unspecified atom stereocenters. The van der Waals surface area contributed by atoms with Crippen LogP contribution in [0, 0.1) is 0 Å². The lowest BCUT2D eigenvalue weighted by Gasteiger charge is -2.32. The zero-order valence-corrected chi connectivity index (χ0v) is 23.9. The molecular formula is C31H31N5O5S. The van der Waals surface area contributed by atoms with Gasteiger partial charge in [-0.1, -0.05) is 18.2 Å². The SMILES string of the molecule is O=C1CCC(N2Cc3cc(C4CCN(Cc5ccc6c(c5)C(=O)N(c5ccns5)CCO6)CC4)ccc3C2=O)C(=O)N1. The molecule has 1 N–H and O–H groups in total. The number of aromatic nitrogens is 1. The molecule has 11 heteroatoms. The van der Waals surface area contributed by atoms with Gasteiger partial charge in [-0.3, -0.25) is 34.3 Å². The fourth-order valence-electron chi connectivity index (χ4n) is 6.55. The highest BCUT2D eigenvalue weighted by Gasteiger charge is 2.39. The number of piperidine rings is 2. The highest BCUT2D eigenvalue weighted by atomic mass is 32.1. The van der Waals surface area contributed by atoms with E-state index in [0.717, 1.165) is 48.6 Å². The predicted octanol–water partition coefficient (Wildman–Crippen LogP) is 3.32. The summed E-state index contributed by atoms with van der Waals surface area (Å²) in [5.41, 5.74) is 4.50. The number of amides is 4. The van der Waals surface area contributed by atoms with Crippen LogP contribution >= 0.6 is 11.5 Å². The monoisotopic (exact) mass is 585 g/mol. The molecule has 216 valence electrons. The minimum atomic E-state index is -0.597. The summed E-state index contributed by atoms with van der Waals surface area (Å²) in [6, 6.07) is 13.3. The molecule has 2 saturated heterocycles. The first-order valence-electron chi connectivity index (χ1n) is 14.4. The second-order valence-electron chi connectivity index (χ2n) is 11.4.